The Labute approximate surface area is 154 Å². The van der Waals surface area contributed by atoms with Crippen LogP contribution in [0.1, 0.15) is 37.2 Å². The van der Waals surface area contributed by atoms with Crippen LogP contribution in [-0.4, -0.2) is 55.3 Å². The molecule has 0 aliphatic carbocycles. The summed E-state index contributed by atoms with van der Waals surface area (Å²) in [4.78, 5) is 37.1. The molecule has 1 saturated heterocycles. The number of carbonyl (C=O) groups is 3. The van der Waals surface area contributed by atoms with E-state index in [1.54, 1.807) is 4.90 Å². The van der Waals surface area contributed by atoms with Gasteiger partial charge in [0.05, 0.1) is 13.1 Å². The van der Waals surface area contributed by atoms with Gasteiger partial charge in [0, 0.05) is 26.1 Å². The summed E-state index contributed by atoms with van der Waals surface area (Å²) in [6, 6.07) is 10.1. The number of rotatable bonds is 3. The predicted octanol–water partition coefficient (Wildman–Crippen LogP) is 0.364. The highest BCUT2D eigenvalue weighted by Crippen LogP contribution is 2.24. The van der Waals surface area contributed by atoms with E-state index in [1.165, 1.54) is 5.56 Å². The lowest BCUT2D eigenvalue weighted by atomic mass is 9.91. The lowest BCUT2D eigenvalue weighted by molar-refractivity contribution is -0.124. The second-order valence-electron chi connectivity index (χ2n) is 6.67. The second kappa shape index (κ2) is 10.6. The lowest BCUT2D eigenvalue weighted by Crippen LogP contribution is -2.43. The quantitative estimate of drug-likeness (QED) is 0.724. The summed E-state index contributed by atoms with van der Waals surface area (Å²) in [5, 5.41) is 5.83. The third-order valence-electron chi connectivity index (χ3n) is 4.53. The highest BCUT2D eigenvalue weighted by Gasteiger charge is 2.17. The Morgan fingerprint density at radius 1 is 1.08 bits per heavy atom. The molecular weight excluding hydrogens is 332 g/mol. The number of hydrogen-bond acceptors (Lipinski definition) is 4. The summed E-state index contributed by atoms with van der Waals surface area (Å²) in [6.45, 7) is 1.75. The van der Waals surface area contributed by atoms with Crippen molar-refractivity contribution in [3.05, 3.63) is 35.9 Å². The fourth-order valence-corrected chi connectivity index (χ4v) is 3.21. The Kier molecular flexibility index (Phi) is 8.08. The molecule has 1 aliphatic heterocycles. The van der Waals surface area contributed by atoms with Crippen LogP contribution in [0.3, 0.4) is 0 Å². The zero-order chi connectivity index (χ0) is 18.8. The fraction of sp³-hybridized carbons (Fsp3) is 0.526. The van der Waals surface area contributed by atoms with E-state index in [0.29, 0.717) is 32.5 Å². The summed E-state index contributed by atoms with van der Waals surface area (Å²) < 4.78 is 0. The molecule has 1 atom stereocenters. The molecule has 0 bridgehead atoms. The van der Waals surface area contributed by atoms with Gasteiger partial charge < -0.3 is 16.4 Å². The van der Waals surface area contributed by atoms with Crippen molar-refractivity contribution in [2.45, 2.75) is 31.6 Å². The molecule has 1 aromatic rings. The van der Waals surface area contributed by atoms with E-state index in [0.717, 1.165) is 12.8 Å². The Morgan fingerprint density at radius 2 is 1.81 bits per heavy atom. The number of amides is 3. The third-order valence-corrected chi connectivity index (χ3v) is 4.53. The van der Waals surface area contributed by atoms with Crippen LogP contribution in [0.5, 0.6) is 0 Å². The summed E-state index contributed by atoms with van der Waals surface area (Å²) in [5.41, 5.74) is 6.43. The van der Waals surface area contributed by atoms with Crippen LogP contribution in [0, 0.1) is 0 Å². The Balaban J connectivity index is 2.01. The minimum atomic E-state index is -0.466. The van der Waals surface area contributed by atoms with Gasteiger partial charge in [-0.1, -0.05) is 30.3 Å². The van der Waals surface area contributed by atoms with E-state index >= 15 is 0 Å². The van der Waals surface area contributed by atoms with Gasteiger partial charge in [-0.3, -0.25) is 19.3 Å². The van der Waals surface area contributed by atoms with Crippen molar-refractivity contribution in [2.24, 2.45) is 5.73 Å². The molecule has 1 fully saturated rings. The van der Waals surface area contributed by atoms with Crippen molar-refractivity contribution in [3.63, 3.8) is 0 Å². The van der Waals surface area contributed by atoms with Crippen LogP contribution >= 0.6 is 0 Å². The monoisotopic (exact) mass is 360 g/mol. The van der Waals surface area contributed by atoms with Crippen LogP contribution in [0.4, 0.5) is 0 Å². The molecule has 1 aromatic carbocycles. The Hall–Kier alpha value is -2.41. The Morgan fingerprint density at radius 3 is 2.54 bits per heavy atom. The first kappa shape index (κ1) is 19.9. The molecule has 7 nitrogen and oxygen atoms in total. The first-order valence-corrected chi connectivity index (χ1v) is 9.13. The van der Waals surface area contributed by atoms with Crippen molar-refractivity contribution in [1.29, 1.82) is 0 Å². The van der Waals surface area contributed by atoms with Crippen LogP contribution in [0.2, 0.25) is 0 Å². The van der Waals surface area contributed by atoms with E-state index < -0.39 is 5.91 Å². The van der Waals surface area contributed by atoms with Gasteiger partial charge in [0.25, 0.3) is 0 Å². The molecule has 2 rings (SSSR count). The zero-order valence-electron chi connectivity index (χ0n) is 15.1. The lowest BCUT2D eigenvalue weighted by Gasteiger charge is -2.22. The van der Waals surface area contributed by atoms with Crippen molar-refractivity contribution < 1.29 is 14.4 Å². The zero-order valence-corrected chi connectivity index (χ0v) is 15.1. The van der Waals surface area contributed by atoms with E-state index in [4.69, 9.17) is 5.73 Å². The predicted molar refractivity (Wildman–Crippen MR) is 99.3 cm³/mol. The minimum absolute atomic E-state index is 0.0356. The first-order valence-electron chi connectivity index (χ1n) is 9.13. The molecule has 1 aliphatic rings. The van der Waals surface area contributed by atoms with E-state index in [2.05, 4.69) is 22.8 Å². The molecule has 1 unspecified atom stereocenters. The molecule has 4 N–H and O–H groups in total. The maximum atomic E-state index is 12.2. The topological polar surface area (TPSA) is 105 Å². The fourth-order valence-electron chi connectivity index (χ4n) is 3.21. The SMILES string of the molecule is NC(=O)CN1CCCNC(=O)CCC(c2ccccc2)CCNC(=O)C1. The molecule has 1 heterocycles. The normalized spacial score (nSPS) is 21.3. The number of nitrogens with one attached hydrogen (secondary N) is 2. The van der Waals surface area contributed by atoms with Gasteiger partial charge in [-0.2, -0.15) is 0 Å². The number of nitrogens with zero attached hydrogens (tertiary/aromatic N) is 1. The van der Waals surface area contributed by atoms with Gasteiger partial charge in [0.2, 0.25) is 17.7 Å². The molecule has 0 saturated carbocycles. The highest BCUT2D eigenvalue weighted by atomic mass is 16.2. The van der Waals surface area contributed by atoms with Crippen molar-refractivity contribution in [3.8, 4) is 0 Å². The number of primary amides is 1. The van der Waals surface area contributed by atoms with Crippen molar-refractivity contribution in [2.75, 3.05) is 32.7 Å². The number of nitrogens with two attached hydrogens (primary N) is 1. The van der Waals surface area contributed by atoms with Crippen LogP contribution in [-0.2, 0) is 14.4 Å². The molecule has 26 heavy (non-hydrogen) atoms. The number of hydrogen-bond donors (Lipinski definition) is 3. The minimum Gasteiger partial charge on any atom is -0.369 e. The molecule has 7 heteroatoms. The number of benzene rings is 1. The van der Waals surface area contributed by atoms with Gasteiger partial charge >= 0.3 is 0 Å². The average Bonchev–Trinajstić information content (AvgIpc) is 2.61. The number of carbonyl (C=O) groups excluding carboxylic acids is 3. The van der Waals surface area contributed by atoms with Crippen LogP contribution < -0.4 is 16.4 Å². The van der Waals surface area contributed by atoms with Gasteiger partial charge in [-0.05, 0) is 30.7 Å². The Bertz CT molecular complexity index is 606. The molecular formula is C19H28N4O3. The summed E-state index contributed by atoms with van der Waals surface area (Å²) in [5.74, 6) is -0.327. The molecule has 0 aromatic heterocycles. The van der Waals surface area contributed by atoms with Gasteiger partial charge in [0.15, 0.2) is 0 Å². The molecule has 0 spiro atoms. The van der Waals surface area contributed by atoms with Crippen LogP contribution in [0.15, 0.2) is 30.3 Å². The first-order chi connectivity index (χ1) is 12.5. The average molecular weight is 360 g/mol. The van der Waals surface area contributed by atoms with Gasteiger partial charge in [0.1, 0.15) is 0 Å². The van der Waals surface area contributed by atoms with Gasteiger partial charge in [-0.25, -0.2) is 0 Å². The summed E-state index contributed by atoms with van der Waals surface area (Å²) in [6.07, 6.45) is 2.63. The molecule has 0 radical (unpaired) electrons. The largest absolute Gasteiger partial charge is 0.369 e. The van der Waals surface area contributed by atoms with Crippen molar-refractivity contribution in [1.82, 2.24) is 15.5 Å². The summed E-state index contributed by atoms with van der Waals surface area (Å²) >= 11 is 0. The van der Waals surface area contributed by atoms with Gasteiger partial charge in [-0.15, -0.1) is 0 Å². The molecule has 142 valence electrons. The van der Waals surface area contributed by atoms with E-state index in [1.807, 2.05) is 18.2 Å². The van der Waals surface area contributed by atoms with Crippen LogP contribution in [0.25, 0.3) is 0 Å². The molecule has 3 amide bonds. The van der Waals surface area contributed by atoms with Crippen molar-refractivity contribution >= 4 is 17.7 Å². The van der Waals surface area contributed by atoms with E-state index in [9.17, 15) is 14.4 Å². The standard InChI is InChI=1S/C19H28N4O3/c20-17(24)13-23-12-4-10-21-18(25)8-7-16(9-11-22-19(26)14-23)15-5-2-1-3-6-15/h1-3,5-6,16H,4,7-14H2,(H2,20,24)(H,21,25)(H,22,26). The summed E-state index contributed by atoms with van der Waals surface area (Å²) in [7, 11) is 0. The second-order valence-corrected chi connectivity index (χ2v) is 6.67. The maximum Gasteiger partial charge on any atom is 0.234 e. The highest BCUT2D eigenvalue weighted by molar-refractivity contribution is 5.80. The van der Waals surface area contributed by atoms with E-state index in [-0.39, 0.29) is 30.8 Å². The smallest absolute Gasteiger partial charge is 0.234 e. The maximum absolute atomic E-state index is 12.2. The third kappa shape index (κ3) is 7.23.